The van der Waals surface area contributed by atoms with Crippen molar-refractivity contribution in [2.45, 2.75) is 64.6 Å². The van der Waals surface area contributed by atoms with Crippen LogP contribution in [0.2, 0.25) is 0 Å². The Morgan fingerprint density at radius 1 is 1.22 bits per heavy atom. The number of nitrogens with one attached hydrogen (secondary N) is 1. The van der Waals surface area contributed by atoms with Gasteiger partial charge in [0.15, 0.2) is 0 Å². The lowest BCUT2D eigenvalue weighted by atomic mass is 9.92. The van der Waals surface area contributed by atoms with Crippen molar-refractivity contribution in [3.63, 3.8) is 0 Å². The van der Waals surface area contributed by atoms with Crippen LogP contribution in [0.4, 0.5) is 0 Å². The number of rotatable bonds is 6. The lowest BCUT2D eigenvalue weighted by molar-refractivity contribution is 0.111. The highest BCUT2D eigenvalue weighted by molar-refractivity contribution is 5.27. The molecular weight excluding hydrogens is 290 g/mol. The van der Waals surface area contributed by atoms with Crippen molar-refractivity contribution in [2.24, 2.45) is 0 Å². The molecule has 1 aromatic carbocycles. The van der Waals surface area contributed by atoms with E-state index in [1.807, 2.05) is 19.1 Å². The van der Waals surface area contributed by atoms with Crippen molar-refractivity contribution in [1.82, 2.24) is 15.5 Å². The Bertz CT molecular complexity index is 626. The van der Waals surface area contributed by atoms with E-state index in [1.54, 1.807) is 0 Å². The number of benzene rings is 1. The standard InChI is InChI=1S/C18H25N3O2/c1-3-17-20-21-18(23-17)12-19-15-9-4-5-10-16(15)22-14-8-6-7-13(2)11-14/h6-8,11,15-16,19H,3-5,9-10,12H2,1-2H3/t15-,16+/m0/s1. The molecule has 0 spiro atoms. The number of hydrogen-bond donors (Lipinski definition) is 1. The molecule has 1 aromatic heterocycles. The minimum absolute atomic E-state index is 0.194. The maximum Gasteiger partial charge on any atom is 0.230 e. The number of aromatic nitrogens is 2. The van der Waals surface area contributed by atoms with Gasteiger partial charge in [-0.1, -0.05) is 25.5 Å². The molecular formula is C18H25N3O2. The Morgan fingerprint density at radius 3 is 2.83 bits per heavy atom. The highest BCUT2D eigenvalue weighted by Gasteiger charge is 2.27. The van der Waals surface area contributed by atoms with Crippen LogP contribution in [-0.4, -0.2) is 22.3 Å². The third kappa shape index (κ3) is 4.32. The van der Waals surface area contributed by atoms with Crippen molar-refractivity contribution in [2.75, 3.05) is 0 Å². The lowest BCUT2D eigenvalue weighted by Crippen LogP contribution is -2.44. The highest BCUT2D eigenvalue weighted by atomic mass is 16.5. The summed E-state index contributed by atoms with van der Waals surface area (Å²) in [5.74, 6) is 2.30. The molecule has 0 bridgehead atoms. The molecule has 2 aromatic rings. The lowest BCUT2D eigenvalue weighted by Gasteiger charge is -2.32. The van der Waals surface area contributed by atoms with Crippen LogP contribution >= 0.6 is 0 Å². The molecule has 1 N–H and O–H groups in total. The fourth-order valence-electron chi connectivity index (χ4n) is 3.06. The van der Waals surface area contributed by atoms with Crippen LogP contribution in [0.5, 0.6) is 5.75 Å². The average Bonchev–Trinajstić information content (AvgIpc) is 3.02. The molecule has 3 rings (SSSR count). The fraction of sp³-hybridized carbons (Fsp3) is 0.556. The molecule has 2 atom stereocenters. The van der Waals surface area contributed by atoms with Gasteiger partial charge in [0.25, 0.3) is 0 Å². The molecule has 1 aliphatic carbocycles. The molecule has 5 heteroatoms. The van der Waals surface area contributed by atoms with Gasteiger partial charge in [0.1, 0.15) is 11.9 Å². The van der Waals surface area contributed by atoms with Gasteiger partial charge in [-0.3, -0.25) is 0 Å². The van der Waals surface area contributed by atoms with E-state index < -0.39 is 0 Å². The second-order valence-corrected chi connectivity index (χ2v) is 6.19. The summed E-state index contributed by atoms with van der Waals surface area (Å²) in [6.07, 6.45) is 5.61. The third-order valence-corrected chi connectivity index (χ3v) is 4.31. The molecule has 1 fully saturated rings. The van der Waals surface area contributed by atoms with Gasteiger partial charge in [-0.05, 0) is 43.9 Å². The van der Waals surface area contributed by atoms with Crippen LogP contribution in [0.25, 0.3) is 0 Å². The topological polar surface area (TPSA) is 60.2 Å². The molecule has 1 saturated carbocycles. The van der Waals surface area contributed by atoms with Crippen molar-refractivity contribution >= 4 is 0 Å². The largest absolute Gasteiger partial charge is 0.489 e. The van der Waals surface area contributed by atoms with E-state index >= 15 is 0 Å². The Labute approximate surface area is 137 Å². The number of nitrogens with zero attached hydrogens (tertiary/aromatic N) is 2. The summed E-state index contributed by atoms with van der Waals surface area (Å²) in [6, 6.07) is 8.58. The summed E-state index contributed by atoms with van der Waals surface area (Å²) in [5.41, 5.74) is 1.22. The zero-order chi connectivity index (χ0) is 16.1. The number of aryl methyl sites for hydroxylation is 2. The molecule has 0 radical (unpaired) electrons. The summed E-state index contributed by atoms with van der Waals surface area (Å²) in [4.78, 5) is 0. The normalized spacial score (nSPS) is 21.3. The highest BCUT2D eigenvalue weighted by Crippen LogP contribution is 2.24. The smallest absolute Gasteiger partial charge is 0.230 e. The van der Waals surface area contributed by atoms with E-state index in [0.29, 0.717) is 24.4 Å². The Kier molecular flexibility index (Phi) is 5.28. The predicted octanol–water partition coefficient (Wildman–Crippen LogP) is 3.42. The monoisotopic (exact) mass is 315 g/mol. The quantitative estimate of drug-likeness (QED) is 0.885. The van der Waals surface area contributed by atoms with E-state index in [-0.39, 0.29) is 6.10 Å². The average molecular weight is 315 g/mol. The summed E-state index contributed by atoms with van der Waals surface area (Å²) in [6.45, 7) is 4.70. The second-order valence-electron chi connectivity index (χ2n) is 6.19. The molecule has 1 heterocycles. The van der Waals surface area contributed by atoms with Crippen molar-refractivity contribution < 1.29 is 9.15 Å². The number of ether oxygens (including phenoxy) is 1. The molecule has 124 valence electrons. The van der Waals surface area contributed by atoms with Crippen LogP contribution in [0.1, 0.15) is 50.0 Å². The fourth-order valence-corrected chi connectivity index (χ4v) is 3.06. The first-order valence-corrected chi connectivity index (χ1v) is 8.52. The maximum absolute atomic E-state index is 6.23. The Hall–Kier alpha value is -1.88. The van der Waals surface area contributed by atoms with E-state index in [9.17, 15) is 0 Å². The van der Waals surface area contributed by atoms with Crippen molar-refractivity contribution in [3.8, 4) is 5.75 Å². The first-order valence-electron chi connectivity index (χ1n) is 8.52. The van der Waals surface area contributed by atoms with Gasteiger partial charge >= 0.3 is 0 Å². The van der Waals surface area contributed by atoms with E-state index in [0.717, 1.165) is 25.0 Å². The first kappa shape index (κ1) is 16.0. The minimum atomic E-state index is 0.194. The summed E-state index contributed by atoms with van der Waals surface area (Å²) >= 11 is 0. The van der Waals surface area contributed by atoms with Gasteiger partial charge in [0, 0.05) is 12.5 Å². The molecule has 1 aliphatic rings. The number of hydrogen-bond acceptors (Lipinski definition) is 5. The van der Waals surface area contributed by atoms with Crippen LogP contribution in [0.3, 0.4) is 0 Å². The van der Waals surface area contributed by atoms with Gasteiger partial charge in [-0.15, -0.1) is 10.2 Å². The second kappa shape index (κ2) is 7.59. The molecule has 0 unspecified atom stereocenters. The first-order chi connectivity index (χ1) is 11.2. The maximum atomic E-state index is 6.23. The molecule has 0 amide bonds. The molecule has 0 aliphatic heterocycles. The molecule has 5 nitrogen and oxygen atoms in total. The van der Waals surface area contributed by atoms with Crippen LogP contribution in [0, 0.1) is 6.92 Å². The van der Waals surface area contributed by atoms with E-state index in [4.69, 9.17) is 9.15 Å². The van der Waals surface area contributed by atoms with Crippen molar-refractivity contribution in [1.29, 1.82) is 0 Å². The summed E-state index contributed by atoms with van der Waals surface area (Å²) < 4.78 is 11.8. The summed E-state index contributed by atoms with van der Waals surface area (Å²) in [5, 5.41) is 11.6. The van der Waals surface area contributed by atoms with Crippen LogP contribution in [0.15, 0.2) is 28.7 Å². The Morgan fingerprint density at radius 2 is 2.04 bits per heavy atom. The SMILES string of the molecule is CCc1nnc(CN[C@H]2CCCC[C@H]2Oc2cccc(C)c2)o1. The Balaban J connectivity index is 1.59. The van der Waals surface area contributed by atoms with Crippen molar-refractivity contribution in [3.05, 3.63) is 41.6 Å². The third-order valence-electron chi connectivity index (χ3n) is 4.31. The predicted molar refractivity (Wildman–Crippen MR) is 88.4 cm³/mol. The van der Waals surface area contributed by atoms with Crippen LogP contribution in [-0.2, 0) is 13.0 Å². The van der Waals surface area contributed by atoms with Gasteiger partial charge in [0.05, 0.1) is 6.54 Å². The zero-order valence-electron chi connectivity index (χ0n) is 13.9. The van der Waals surface area contributed by atoms with Crippen LogP contribution < -0.4 is 10.1 Å². The van der Waals surface area contributed by atoms with Gasteiger partial charge in [-0.25, -0.2) is 0 Å². The molecule has 23 heavy (non-hydrogen) atoms. The van der Waals surface area contributed by atoms with Gasteiger partial charge < -0.3 is 14.5 Å². The summed E-state index contributed by atoms with van der Waals surface area (Å²) in [7, 11) is 0. The van der Waals surface area contributed by atoms with E-state index in [1.165, 1.54) is 18.4 Å². The molecule has 0 saturated heterocycles. The van der Waals surface area contributed by atoms with E-state index in [2.05, 4.69) is 34.6 Å². The minimum Gasteiger partial charge on any atom is -0.489 e. The van der Waals surface area contributed by atoms with Gasteiger partial charge in [-0.2, -0.15) is 0 Å². The van der Waals surface area contributed by atoms with Gasteiger partial charge in [0.2, 0.25) is 11.8 Å². The zero-order valence-corrected chi connectivity index (χ0v) is 13.9.